The second-order valence-corrected chi connectivity index (χ2v) is 9.61. The molecule has 2 fully saturated rings. The molecule has 2 bridgehead atoms. The van der Waals surface area contributed by atoms with Crippen LogP contribution in [0.1, 0.15) is 57.9 Å². The van der Waals surface area contributed by atoms with E-state index in [0.717, 1.165) is 29.2 Å². The van der Waals surface area contributed by atoms with Crippen LogP contribution in [0, 0.1) is 17.8 Å². The second-order valence-electron chi connectivity index (χ2n) is 8.23. The molecule has 0 saturated heterocycles. The van der Waals surface area contributed by atoms with Crippen LogP contribution in [0.4, 0.5) is 0 Å². The lowest BCUT2D eigenvalue weighted by Gasteiger charge is -2.44. The summed E-state index contributed by atoms with van der Waals surface area (Å²) < 4.78 is 11.5. The number of rotatable bonds is 4. The predicted molar refractivity (Wildman–Crippen MR) is 97.9 cm³/mol. The van der Waals surface area contributed by atoms with Crippen LogP contribution in [0.3, 0.4) is 0 Å². The van der Waals surface area contributed by atoms with E-state index in [1.54, 1.807) is 6.26 Å². The van der Waals surface area contributed by atoms with Gasteiger partial charge in [-0.2, -0.15) is 0 Å². The maximum atomic E-state index is 11.5. The fraction of sp³-hybridized carbons (Fsp3) is 0.700. The molecule has 5 unspecified atom stereocenters. The average Bonchev–Trinajstić information content (AvgIpc) is 2.62. The fourth-order valence-corrected chi connectivity index (χ4v) is 5.54. The smallest absolute Gasteiger partial charge is 0.0498 e. The fourth-order valence-electron chi connectivity index (χ4n) is 5.02. The molecule has 2 aliphatic rings. The van der Waals surface area contributed by atoms with Gasteiger partial charge in [-0.3, -0.25) is 4.21 Å². The van der Waals surface area contributed by atoms with E-state index in [1.807, 2.05) is 12.1 Å². The van der Waals surface area contributed by atoms with Gasteiger partial charge >= 0.3 is 0 Å². The summed E-state index contributed by atoms with van der Waals surface area (Å²) in [5, 5.41) is 3.96. The predicted octanol–water partition coefficient (Wildman–Crippen LogP) is 4.51. The molecule has 3 heteroatoms. The highest BCUT2D eigenvalue weighted by Gasteiger charge is 2.41. The minimum atomic E-state index is -0.883. The lowest BCUT2D eigenvalue weighted by molar-refractivity contribution is 0.130. The first-order valence-corrected chi connectivity index (χ1v) is 10.7. The van der Waals surface area contributed by atoms with Crippen LogP contribution < -0.4 is 5.32 Å². The van der Waals surface area contributed by atoms with E-state index in [-0.39, 0.29) is 0 Å². The molecule has 0 aromatic heterocycles. The first-order valence-electron chi connectivity index (χ1n) is 9.13. The normalized spacial score (nSPS) is 35.5. The number of fused-ring (bicyclic) bond motifs is 2. The third-order valence-electron chi connectivity index (χ3n) is 5.88. The van der Waals surface area contributed by atoms with E-state index in [9.17, 15) is 4.21 Å². The molecule has 23 heavy (non-hydrogen) atoms. The highest BCUT2D eigenvalue weighted by molar-refractivity contribution is 7.84. The van der Waals surface area contributed by atoms with Crippen molar-refractivity contribution in [3.8, 4) is 0 Å². The molecule has 128 valence electrons. The number of benzene rings is 1. The quantitative estimate of drug-likeness (QED) is 0.878. The molecule has 1 N–H and O–H groups in total. The Morgan fingerprint density at radius 3 is 2.48 bits per heavy atom. The summed E-state index contributed by atoms with van der Waals surface area (Å²) >= 11 is 0. The van der Waals surface area contributed by atoms with E-state index < -0.39 is 10.8 Å². The molecule has 5 atom stereocenters. The second kappa shape index (κ2) is 7.06. The zero-order valence-electron chi connectivity index (χ0n) is 14.8. The number of nitrogens with one attached hydrogen (secondary N) is 1. The van der Waals surface area contributed by atoms with E-state index in [2.05, 4.69) is 31.3 Å². The molecule has 2 nitrogen and oxygen atoms in total. The van der Waals surface area contributed by atoms with Crippen molar-refractivity contribution >= 4 is 10.8 Å². The SMILES string of the molecule is CC1CCC2CC(C)CC(NCc3ccc(S(C)=O)cc3)(C1)C2. The summed E-state index contributed by atoms with van der Waals surface area (Å²) in [6.07, 6.45) is 9.99. The Bertz CT molecular complexity index is 551. The van der Waals surface area contributed by atoms with Crippen LogP contribution in [0.5, 0.6) is 0 Å². The highest BCUT2D eigenvalue weighted by atomic mass is 32.2. The largest absolute Gasteiger partial charge is 0.307 e. The summed E-state index contributed by atoms with van der Waals surface area (Å²) in [4.78, 5) is 0.918. The van der Waals surface area contributed by atoms with E-state index >= 15 is 0 Å². The zero-order chi connectivity index (χ0) is 16.4. The number of hydrogen-bond donors (Lipinski definition) is 1. The van der Waals surface area contributed by atoms with Crippen molar-refractivity contribution < 1.29 is 4.21 Å². The molecule has 1 aromatic rings. The molecule has 0 radical (unpaired) electrons. The lowest BCUT2D eigenvalue weighted by Crippen LogP contribution is -2.50. The number of hydrogen-bond acceptors (Lipinski definition) is 2. The molecular weight excluding hydrogens is 302 g/mol. The molecule has 0 aliphatic heterocycles. The van der Waals surface area contributed by atoms with Crippen molar-refractivity contribution in [3.63, 3.8) is 0 Å². The Labute approximate surface area is 143 Å². The highest BCUT2D eigenvalue weighted by Crippen LogP contribution is 2.45. The summed E-state index contributed by atoms with van der Waals surface area (Å²) in [5.74, 6) is 2.60. The molecule has 3 rings (SSSR count). The van der Waals surface area contributed by atoms with E-state index in [4.69, 9.17) is 0 Å². The molecule has 0 heterocycles. The molecule has 2 aliphatic carbocycles. The van der Waals surface area contributed by atoms with Gasteiger partial charge in [0.15, 0.2) is 0 Å². The average molecular weight is 334 g/mol. The van der Waals surface area contributed by atoms with Gasteiger partial charge in [-0.25, -0.2) is 0 Å². The van der Waals surface area contributed by atoms with E-state index in [0.29, 0.717) is 5.54 Å². The lowest BCUT2D eigenvalue weighted by atomic mass is 9.69. The minimum Gasteiger partial charge on any atom is -0.307 e. The van der Waals surface area contributed by atoms with Gasteiger partial charge in [0.1, 0.15) is 0 Å². The first kappa shape index (κ1) is 17.2. The summed E-state index contributed by atoms with van der Waals surface area (Å²) in [7, 11) is -0.883. The van der Waals surface area contributed by atoms with Gasteiger partial charge in [-0.05, 0) is 61.1 Å². The Balaban J connectivity index is 1.70. The van der Waals surface area contributed by atoms with Crippen LogP contribution in [0.25, 0.3) is 0 Å². The maximum Gasteiger partial charge on any atom is 0.0498 e. The van der Waals surface area contributed by atoms with Gasteiger partial charge in [0.05, 0.1) is 0 Å². The first-order chi connectivity index (χ1) is 11.0. The van der Waals surface area contributed by atoms with Gasteiger partial charge in [0, 0.05) is 34.0 Å². The van der Waals surface area contributed by atoms with Gasteiger partial charge in [0.25, 0.3) is 0 Å². The Kier molecular flexibility index (Phi) is 5.27. The zero-order valence-corrected chi connectivity index (χ0v) is 15.6. The minimum absolute atomic E-state index is 0.338. The molecule has 0 spiro atoms. The van der Waals surface area contributed by atoms with Crippen molar-refractivity contribution in [2.24, 2.45) is 17.8 Å². The van der Waals surface area contributed by atoms with Crippen molar-refractivity contribution in [2.75, 3.05) is 6.26 Å². The third kappa shape index (κ3) is 4.24. The van der Waals surface area contributed by atoms with Crippen LogP contribution in [-0.2, 0) is 17.3 Å². The van der Waals surface area contributed by atoms with Crippen molar-refractivity contribution in [1.82, 2.24) is 5.32 Å². The van der Waals surface area contributed by atoms with E-state index in [1.165, 1.54) is 44.1 Å². The molecular formula is C20H31NOS. The van der Waals surface area contributed by atoms with Crippen LogP contribution in [0.15, 0.2) is 29.2 Å². The maximum absolute atomic E-state index is 11.5. The van der Waals surface area contributed by atoms with Crippen molar-refractivity contribution in [2.45, 2.75) is 69.4 Å². The summed E-state index contributed by atoms with van der Waals surface area (Å²) in [6.45, 7) is 5.80. The topological polar surface area (TPSA) is 29.1 Å². The van der Waals surface area contributed by atoms with Crippen LogP contribution >= 0.6 is 0 Å². The Morgan fingerprint density at radius 2 is 1.78 bits per heavy atom. The molecule has 1 aromatic carbocycles. The standard InChI is InChI=1S/C20H31NOS/c1-15-4-5-18-10-16(2)12-20(11-15,13-18)21-14-17-6-8-19(9-7-17)23(3)22/h6-9,15-16,18,21H,4-5,10-14H2,1-3H3. The third-order valence-corrected chi connectivity index (χ3v) is 6.82. The Hall–Kier alpha value is -0.670. The summed E-state index contributed by atoms with van der Waals surface area (Å²) in [6, 6.07) is 8.27. The van der Waals surface area contributed by atoms with Crippen molar-refractivity contribution in [1.29, 1.82) is 0 Å². The van der Waals surface area contributed by atoms with Crippen LogP contribution in [0.2, 0.25) is 0 Å². The monoisotopic (exact) mass is 333 g/mol. The van der Waals surface area contributed by atoms with Gasteiger partial charge in [-0.1, -0.05) is 38.8 Å². The Morgan fingerprint density at radius 1 is 1.09 bits per heavy atom. The van der Waals surface area contributed by atoms with Crippen molar-refractivity contribution in [3.05, 3.63) is 29.8 Å². The summed E-state index contributed by atoms with van der Waals surface area (Å²) in [5.41, 5.74) is 1.64. The van der Waals surface area contributed by atoms with Gasteiger partial charge < -0.3 is 5.32 Å². The van der Waals surface area contributed by atoms with Gasteiger partial charge in [-0.15, -0.1) is 0 Å². The molecule has 2 saturated carbocycles. The van der Waals surface area contributed by atoms with Crippen LogP contribution in [-0.4, -0.2) is 16.0 Å². The van der Waals surface area contributed by atoms with Gasteiger partial charge in [0.2, 0.25) is 0 Å². The molecule has 0 amide bonds.